The van der Waals surface area contributed by atoms with Gasteiger partial charge in [-0.2, -0.15) is 0 Å². The predicted molar refractivity (Wildman–Crippen MR) is 153 cm³/mol. The van der Waals surface area contributed by atoms with E-state index in [0.29, 0.717) is 12.0 Å². The van der Waals surface area contributed by atoms with Crippen LogP contribution in [0.5, 0.6) is 5.75 Å². The summed E-state index contributed by atoms with van der Waals surface area (Å²) in [5.74, 6) is 1.44. The lowest BCUT2D eigenvalue weighted by Gasteiger charge is -2.61. The molecule has 0 radical (unpaired) electrons. The second-order valence-electron chi connectivity index (χ2n) is 11.9. The number of amides is 1. The van der Waals surface area contributed by atoms with Gasteiger partial charge in [-0.15, -0.1) is 0 Å². The molecule has 7 heteroatoms. The number of piperidine rings is 1. The number of aliphatic imine (C=N–C) groups is 1. The van der Waals surface area contributed by atoms with E-state index in [4.69, 9.17) is 14.5 Å². The zero-order valence-corrected chi connectivity index (χ0v) is 23.8. The molecule has 6 nitrogen and oxygen atoms in total. The second-order valence-corrected chi connectivity index (χ2v) is 12.9. The average molecular weight is 575 g/mol. The van der Waals surface area contributed by atoms with Gasteiger partial charge in [0.15, 0.2) is 6.23 Å². The van der Waals surface area contributed by atoms with Gasteiger partial charge in [0.25, 0.3) is 0 Å². The van der Waals surface area contributed by atoms with Gasteiger partial charge in [0.05, 0.1) is 17.3 Å². The van der Waals surface area contributed by atoms with Crippen LogP contribution in [0.15, 0.2) is 58.1 Å². The van der Waals surface area contributed by atoms with E-state index in [0.717, 1.165) is 52.7 Å². The van der Waals surface area contributed by atoms with Gasteiger partial charge in [0.2, 0.25) is 0 Å². The van der Waals surface area contributed by atoms with Crippen molar-refractivity contribution >= 4 is 44.2 Å². The van der Waals surface area contributed by atoms with Crippen LogP contribution >= 0.6 is 15.9 Å². The van der Waals surface area contributed by atoms with Gasteiger partial charge < -0.3 is 14.0 Å². The molecule has 4 atom stereocenters. The fourth-order valence-electron chi connectivity index (χ4n) is 6.57. The maximum atomic E-state index is 12.9. The second kappa shape index (κ2) is 8.47. The molecule has 0 N–H and O–H groups in total. The Bertz CT molecular complexity index is 1550. The predicted octanol–water partition coefficient (Wildman–Crippen LogP) is 7.96. The number of carbonyl (C=O) groups excluding carboxylic acids is 1. The summed E-state index contributed by atoms with van der Waals surface area (Å²) in [5.41, 5.74) is 6.43. The van der Waals surface area contributed by atoms with Crippen LogP contribution in [0.2, 0.25) is 0 Å². The Morgan fingerprint density at radius 3 is 2.66 bits per heavy atom. The highest BCUT2D eigenvalue weighted by Gasteiger charge is 2.58. The van der Waals surface area contributed by atoms with Crippen LogP contribution in [0.1, 0.15) is 65.2 Å². The molecule has 1 saturated heterocycles. The number of fused-ring (bicyclic) bond motifs is 6. The van der Waals surface area contributed by atoms with E-state index in [-0.39, 0.29) is 18.4 Å². The summed E-state index contributed by atoms with van der Waals surface area (Å²) in [6.45, 7) is 7.87. The van der Waals surface area contributed by atoms with Gasteiger partial charge in [0.1, 0.15) is 11.4 Å². The number of ether oxygens (including phenoxy) is 2. The summed E-state index contributed by atoms with van der Waals surface area (Å²) >= 11 is 3.60. The van der Waals surface area contributed by atoms with Gasteiger partial charge in [-0.3, -0.25) is 9.89 Å². The number of allylic oxidation sites excluding steroid dienone is 1. The number of likely N-dealkylation sites (tertiary alicyclic amines) is 1. The van der Waals surface area contributed by atoms with E-state index < -0.39 is 5.60 Å². The van der Waals surface area contributed by atoms with E-state index in [1.807, 2.05) is 31.9 Å². The standard InChI is InChI=1S/C31H32BrN3O3/c1-17-34-25-11-7-21(32)13-20(25)14-27(34)22-8-5-18(15-28(22)37-17)19-6-10-24(33-16-19)29-23-9-12-26(23)35(29)30(36)38-31(2,3)4/h5,7-8,11,13-17,23,26,29H,6,9-10,12H2,1-4H3. The van der Waals surface area contributed by atoms with Gasteiger partial charge in [-0.25, -0.2) is 4.79 Å². The molecule has 7 rings (SSSR count). The lowest BCUT2D eigenvalue weighted by Crippen LogP contribution is -2.73. The number of halogens is 1. The number of nitrogens with zero attached hydrogens (tertiary/aromatic N) is 3. The van der Waals surface area contributed by atoms with Crippen LogP contribution in [0.25, 0.3) is 27.7 Å². The Morgan fingerprint density at radius 1 is 1.11 bits per heavy atom. The molecule has 1 saturated carbocycles. The molecule has 4 heterocycles. The smallest absolute Gasteiger partial charge is 0.411 e. The zero-order chi connectivity index (χ0) is 26.3. The summed E-state index contributed by atoms with van der Waals surface area (Å²) in [7, 11) is 0. The third-order valence-electron chi connectivity index (χ3n) is 8.43. The molecule has 2 aromatic carbocycles. The first-order valence-electron chi connectivity index (χ1n) is 13.6. The molecule has 0 bridgehead atoms. The summed E-state index contributed by atoms with van der Waals surface area (Å²) in [4.78, 5) is 19.8. The fraction of sp³-hybridized carbons (Fsp3) is 0.419. The van der Waals surface area contributed by atoms with Crippen molar-refractivity contribution in [3.63, 3.8) is 0 Å². The number of rotatable bonds is 2. The Kier molecular flexibility index (Phi) is 5.35. The Morgan fingerprint density at radius 2 is 1.95 bits per heavy atom. The summed E-state index contributed by atoms with van der Waals surface area (Å²) in [6, 6.07) is 15.5. The molecular weight excluding hydrogens is 542 g/mol. The molecule has 38 heavy (non-hydrogen) atoms. The quantitative estimate of drug-likeness (QED) is 0.312. The molecule has 3 aliphatic heterocycles. The van der Waals surface area contributed by atoms with Crippen molar-refractivity contribution in [2.24, 2.45) is 10.9 Å². The third-order valence-corrected chi connectivity index (χ3v) is 8.92. The highest BCUT2D eigenvalue weighted by atomic mass is 79.9. The van der Waals surface area contributed by atoms with Crippen molar-refractivity contribution < 1.29 is 14.3 Å². The van der Waals surface area contributed by atoms with E-state index in [1.165, 1.54) is 22.2 Å². The van der Waals surface area contributed by atoms with Crippen LogP contribution in [0, 0.1) is 5.92 Å². The minimum atomic E-state index is -0.491. The molecule has 4 unspecified atom stereocenters. The molecule has 1 aliphatic carbocycles. The Hall–Kier alpha value is -3.06. The van der Waals surface area contributed by atoms with E-state index >= 15 is 0 Å². The summed E-state index contributed by atoms with van der Waals surface area (Å²) in [5, 5.41) is 1.20. The molecule has 3 aromatic rings. The highest BCUT2D eigenvalue weighted by Crippen LogP contribution is 2.49. The van der Waals surface area contributed by atoms with Gasteiger partial charge in [-0.05, 0) is 101 Å². The molecular formula is C31H32BrN3O3. The summed E-state index contributed by atoms with van der Waals surface area (Å²) in [6.07, 6.45) is 5.70. The normalized spacial score (nSPS) is 25.7. The largest absolute Gasteiger partial charge is 0.470 e. The van der Waals surface area contributed by atoms with Crippen LogP contribution in [0.4, 0.5) is 4.79 Å². The van der Waals surface area contributed by atoms with Gasteiger partial charge in [0, 0.05) is 39.3 Å². The first kappa shape index (κ1) is 24.0. The minimum Gasteiger partial charge on any atom is -0.470 e. The first-order valence-corrected chi connectivity index (χ1v) is 14.4. The molecule has 1 aromatic heterocycles. The number of hydrogen-bond acceptors (Lipinski definition) is 4. The minimum absolute atomic E-state index is 0.0797. The van der Waals surface area contributed by atoms with Crippen LogP contribution in [0.3, 0.4) is 0 Å². The van der Waals surface area contributed by atoms with Crippen molar-refractivity contribution in [3.05, 3.63) is 58.7 Å². The third kappa shape index (κ3) is 3.73. The number of hydrogen-bond donors (Lipinski definition) is 0. The summed E-state index contributed by atoms with van der Waals surface area (Å²) < 4.78 is 15.5. The molecule has 196 valence electrons. The van der Waals surface area contributed by atoms with Gasteiger partial charge >= 0.3 is 6.09 Å². The van der Waals surface area contributed by atoms with E-state index in [9.17, 15) is 4.79 Å². The SMILES string of the molecule is CC1Oc2cc(C3=CN=C(C4C5CCC5N4C(=O)OC(C)(C)C)CC3)ccc2-c2cc3cc(Br)ccc3n21. The monoisotopic (exact) mass is 573 g/mol. The van der Waals surface area contributed by atoms with Crippen molar-refractivity contribution in [2.75, 3.05) is 0 Å². The van der Waals surface area contributed by atoms with Crippen molar-refractivity contribution in [1.29, 1.82) is 0 Å². The van der Waals surface area contributed by atoms with Gasteiger partial charge in [-0.1, -0.05) is 22.0 Å². The van der Waals surface area contributed by atoms with Crippen LogP contribution in [-0.2, 0) is 4.74 Å². The Balaban J connectivity index is 1.16. The maximum absolute atomic E-state index is 12.9. The van der Waals surface area contributed by atoms with Crippen LogP contribution < -0.4 is 4.74 Å². The first-order chi connectivity index (χ1) is 18.2. The molecule has 0 spiro atoms. The zero-order valence-electron chi connectivity index (χ0n) is 22.2. The fourth-order valence-corrected chi connectivity index (χ4v) is 6.95. The number of benzene rings is 2. The number of aromatic nitrogens is 1. The van der Waals surface area contributed by atoms with E-state index in [1.54, 1.807) is 0 Å². The van der Waals surface area contributed by atoms with Crippen molar-refractivity contribution in [3.8, 4) is 17.0 Å². The Labute approximate surface area is 231 Å². The van der Waals surface area contributed by atoms with E-state index in [2.05, 4.69) is 69.9 Å². The van der Waals surface area contributed by atoms with Crippen molar-refractivity contribution in [2.45, 2.75) is 77.3 Å². The highest BCUT2D eigenvalue weighted by molar-refractivity contribution is 9.10. The lowest BCUT2D eigenvalue weighted by molar-refractivity contribution is -0.0919. The topological polar surface area (TPSA) is 56.1 Å². The molecule has 4 aliphatic rings. The number of carbonyl (C=O) groups is 1. The van der Waals surface area contributed by atoms with Crippen LogP contribution in [-0.4, -0.2) is 39.0 Å². The van der Waals surface area contributed by atoms with Crippen molar-refractivity contribution in [1.82, 2.24) is 9.47 Å². The lowest BCUT2D eigenvalue weighted by atomic mass is 9.63. The molecule has 1 amide bonds. The maximum Gasteiger partial charge on any atom is 0.411 e. The average Bonchev–Trinajstić information content (AvgIpc) is 3.23. The molecule has 2 fully saturated rings.